The van der Waals surface area contributed by atoms with Crippen LogP contribution in [0.1, 0.15) is 12.8 Å². The van der Waals surface area contributed by atoms with Crippen LogP contribution in [0.3, 0.4) is 0 Å². The van der Waals surface area contributed by atoms with Gasteiger partial charge in [-0.3, -0.25) is 5.41 Å². The number of likely N-dealkylation sites (tertiary alicyclic amines) is 1. The van der Waals surface area contributed by atoms with Crippen molar-refractivity contribution in [3.8, 4) is 11.5 Å². The van der Waals surface area contributed by atoms with Gasteiger partial charge in [-0.15, -0.1) is 12.4 Å². The number of hydrogen-bond donors (Lipinski definition) is 2. The predicted octanol–water partition coefficient (Wildman–Crippen LogP) is 4.17. The van der Waals surface area contributed by atoms with E-state index < -0.39 is 10.1 Å². The zero-order valence-electron chi connectivity index (χ0n) is 15.9. The molecule has 164 valence electrons. The van der Waals surface area contributed by atoms with E-state index in [-0.39, 0.29) is 34.0 Å². The molecule has 1 heterocycles. The van der Waals surface area contributed by atoms with E-state index >= 15 is 0 Å². The standard InChI is InChI=1S/C19H21Cl2N3O4S.ClH/c20-14-9-15(27-12-13-5-7-24(8-6-13)19(22)23)11-16(10-14)28-29(25,26)18-4-2-1-3-17(18)21;/h1-4,9-11,13H,5-8,12H2,(H3,22,23);1H. The van der Waals surface area contributed by atoms with E-state index in [4.69, 9.17) is 43.3 Å². The van der Waals surface area contributed by atoms with Crippen LogP contribution >= 0.6 is 35.6 Å². The largest absolute Gasteiger partial charge is 0.493 e. The fourth-order valence-corrected chi connectivity index (χ4v) is 4.67. The lowest BCUT2D eigenvalue weighted by atomic mass is 9.98. The Hall–Kier alpha value is -1.87. The maximum Gasteiger partial charge on any atom is 0.340 e. The molecule has 0 bridgehead atoms. The zero-order chi connectivity index (χ0) is 21.0. The van der Waals surface area contributed by atoms with Gasteiger partial charge in [0.15, 0.2) is 5.96 Å². The number of rotatable bonds is 6. The van der Waals surface area contributed by atoms with Crippen molar-refractivity contribution < 1.29 is 17.3 Å². The van der Waals surface area contributed by atoms with E-state index in [0.29, 0.717) is 36.4 Å². The van der Waals surface area contributed by atoms with Crippen LogP contribution in [0, 0.1) is 11.3 Å². The van der Waals surface area contributed by atoms with Crippen molar-refractivity contribution in [2.45, 2.75) is 17.7 Å². The third kappa shape index (κ3) is 6.31. The lowest BCUT2D eigenvalue weighted by molar-refractivity contribution is 0.180. The molecule has 7 nitrogen and oxygen atoms in total. The van der Waals surface area contributed by atoms with Crippen LogP contribution in [0.2, 0.25) is 10.0 Å². The van der Waals surface area contributed by atoms with E-state index in [0.717, 1.165) is 12.8 Å². The van der Waals surface area contributed by atoms with Gasteiger partial charge in [-0.2, -0.15) is 8.42 Å². The Morgan fingerprint density at radius 2 is 1.77 bits per heavy atom. The van der Waals surface area contributed by atoms with Gasteiger partial charge < -0.3 is 19.6 Å². The monoisotopic (exact) mass is 493 g/mol. The molecule has 0 atom stereocenters. The maximum atomic E-state index is 12.5. The van der Waals surface area contributed by atoms with E-state index in [9.17, 15) is 8.42 Å². The van der Waals surface area contributed by atoms with E-state index in [1.54, 1.807) is 18.2 Å². The Bertz CT molecular complexity index is 996. The molecule has 3 N–H and O–H groups in total. The first-order chi connectivity index (χ1) is 13.7. The van der Waals surface area contributed by atoms with Crippen molar-refractivity contribution in [3.05, 3.63) is 52.5 Å². The predicted molar refractivity (Wildman–Crippen MR) is 120 cm³/mol. The number of nitrogens with one attached hydrogen (secondary N) is 1. The highest BCUT2D eigenvalue weighted by atomic mass is 35.5. The van der Waals surface area contributed by atoms with Crippen LogP contribution < -0.4 is 14.7 Å². The van der Waals surface area contributed by atoms with Crippen molar-refractivity contribution in [2.75, 3.05) is 19.7 Å². The highest BCUT2D eigenvalue weighted by Gasteiger charge is 2.22. The fraction of sp³-hybridized carbons (Fsp3) is 0.316. The smallest absolute Gasteiger partial charge is 0.340 e. The molecule has 30 heavy (non-hydrogen) atoms. The highest BCUT2D eigenvalue weighted by molar-refractivity contribution is 7.87. The number of guanidine groups is 1. The summed E-state index contributed by atoms with van der Waals surface area (Å²) in [5.74, 6) is 0.844. The fourth-order valence-electron chi connectivity index (χ4n) is 3.04. The quantitative estimate of drug-likeness (QED) is 0.355. The number of nitrogens with two attached hydrogens (primary N) is 1. The van der Waals surface area contributed by atoms with Crippen LogP contribution in [0.4, 0.5) is 0 Å². The minimum Gasteiger partial charge on any atom is -0.493 e. The summed E-state index contributed by atoms with van der Waals surface area (Å²) in [5.41, 5.74) is 5.50. The summed E-state index contributed by atoms with van der Waals surface area (Å²) in [6, 6.07) is 10.5. The third-order valence-corrected chi connectivity index (χ3v) is 6.56. The summed E-state index contributed by atoms with van der Waals surface area (Å²) in [7, 11) is -4.11. The Morgan fingerprint density at radius 1 is 1.13 bits per heavy atom. The molecular formula is C19H22Cl3N3O4S. The normalized spacial score (nSPS) is 14.7. The molecule has 0 unspecified atom stereocenters. The molecule has 0 amide bonds. The summed E-state index contributed by atoms with van der Waals surface area (Å²) < 4.78 is 36.0. The molecule has 0 spiro atoms. The lowest BCUT2D eigenvalue weighted by Crippen LogP contribution is -2.43. The molecule has 2 aromatic carbocycles. The van der Waals surface area contributed by atoms with Crippen LogP contribution in [0.5, 0.6) is 11.5 Å². The Balaban J connectivity index is 0.00000320. The molecule has 0 aliphatic carbocycles. The number of hydrogen-bond acceptors (Lipinski definition) is 5. The summed E-state index contributed by atoms with van der Waals surface area (Å²) in [4.78, 5) is 1.70. The molecule has 0 radical (unpaired) electrons. The maximum absolute atomic E-state index is 12.5. The number of piperidine rings is 1. The second kappa shape index (κ2) is 10.4. The molecule has 3 rings (SSSR count). The van der Waals surface area contributed by atoms with E-state index in [2.05, 4.69) is 0 Å². The first-order valence-electron chi connectivity index (χ1n) is 8.96. The number of nitrogens with zero attached hydrogens (tertiary/aromatic N) is 1. The molecule has 1 saturated heterocycles. The van der Waals surface area contributed by atoms with Gasteiger partial charge in [-0.1, -0.05) is 35.3 Å². The Labute approximate surface area is 192 Å². The molecule has 1 aliphatic rings. The van der Waals surface area contributed by atoms with Gasteiger partial charge in [0.05, 0.1) is 11.6 Å². The Morgan fingerprint density at radius 3 is 2.40 bits per heavy atom. The van der Waals surface area contributed by atoms with Crippen LogP contribution in [0.15, 0.2) is 47.4 Å². The second-order valence-electron chi connectivity index (χ2n) is 6.72. The van der Waals surface area contributed by atoms with E-state index in [1.807, 2.05) is 4.90 Å². The average molecular weight is 495 g/mol. The summed E-state index contributed by atoms with van der Waals surface area (Å²) >= 11 is 12.1. The van der Waals surface area contributed by atoms with Gasteiger partial charge >= 0.3 is 10.1 Å². The number of halogens is 3. The van der Waals surface area contributed by atoms with Crippen molar-refractivity contribution in [2.24, 2.45) is 11.7 Å². The minimum atomic E-state index is -4.11. The highest BCUT2D eigenvalue weighted by Crippen LogP contribution is 2.30. The summed E-state index contributed by atoms with van der Waals surface area (Å²) in [5, 5.41) is 7.83. The molecule has 2 aromatic rings. The van der Waals surface area contributed by atoms with Crippen molar-refractivity contribution >= 4 is 51.7 Å². The second-order valence-corrected chi connectivity index (χ2v) is 9.08. The molecule has 0 saturated carbocycles. The van der Waals surface area contributed by atoms with E-state index in [1.165, 1.54) is 24.3 Å². The van der Waals surface area contributed by atoms with Crippen molar-refractivity contribution in [1.82, 2.24) is 4.90 Å². The first-order valence-corrected chi connectivity index (χ1v) is 11.1. The van der Waals surface area contributed by atoms with Gasteiger partial charge in [-0.25, -0.2) is 0 Å². The van der Waals surface area contributed by atoms with Crippen molar-refractivity contribution in [3.63, 3.8) is 0 Å². The van der Waals surface area contributed by atoms with Gasteiger partial charge in [0, 0.05) is 30.2 Å². The van der Waals surface area contributed by atoms with Gasteiger partial charge in [0.1, 0.15) is 16.4 Å². The summed E-state index contributed by atoms with van der Waals surface area (Å²) in [6.45, 7) is 1.87. The molecular weight excluding hydrogens is 473 g/mol. The van der Waals surface area contributed by atoms with Gasteiger partial charge in [-0.05, 0) is 37.0 Å². The Kier molecular flexibility index (Phi) is 8.49. The third-order valence-electron chi connectivity index (χ3n) is 4.60. The number of benzene rings is 2. The minimum absolute atomic E-state index is 0. The van der Waals surface area contributed by atoms with Gasteiger partial charge in [0.2, 0.25) is 0 Å². The average Bonchev–Trinajstić information content (AvgIpc) is 2.66. The van der Waals surface area contributed by atoms with Crippen LogP contribution in [-0.4, -0.2) is 39.0 Å². The van der Waals surface area contributed by atoms with Crippen LogP contribution in [-0.2, 0) is 10.1 Å². The van der Waals surface area contributed by atoms with Crippen LogP contribution in [0.25, 0.3) is 0 Å². The lowest BCUT2D eigenvalue weighted by Gasteiger charge is -2.31. The SMILES string of the molecule is Cl.N=C(N)N1CCC(COc2cc(Cl)cc(OS(=O)(=O)c3ccccc3Cl)c2)CC1. The van der Waals surface area contributed by atoms with Gasteiger partial charge in [0.25, 0.3) is 0 Å². The molecule has 1 aliphatic heterocycles. The zero-order valence-corrected chi connectivity index (χ0v) is 19.0. The summed E-state index contributed by atoms with van der Waals surface area (Å²) in [6.07, 6.45) is 1.70. The molecule has 11 heteroatoms. The molecule has 1 fully saturated rings. The van der Waals surface area contributed by atoms with Crippen molar-refractivity contribution in [1.29, 1.82) is 5.41 Å². The molecule has 0 aromatic heterocycles. The topological polar surface area (TPSA) is 106 Å². The number of ether oxygens (including phenoxy) is 1. The first kappa shape index (κ1) is 24.4.